The third kappa shape index (κ3) is 7.66. The first kappa shape index (κ1) is 35.7. The van der Waals surface area contributed by atoms with Gasteiger partial charge in [0.05, 0.1) is 18.8 Å². The highest BCUT2D eigenvalue weighted by molar-refractivity contribution is 5.77. The maximum Gasteiger partial charge on any atom is 0.407 e. The predicted molar refractivity (Wildman–Crippen MR) is 183 cm³/mol. The fraction of sp³-hybridized carbons (Fsp3) is 0.897. The number of likely N-dealkylation sites (tertiary alicyclic amines) is 1. The molecule has 46 heavy (non-hydrogen) atoms. The summed E-state index contributed by atoms with van der Waals surface area (Å²) in [5.74, 6) is 4.98. The first-order valence-electron chi connectivity index (χ1n) is 19.2. The van der Waals surface area contributed by atoms with Crippen LogP contribution in [0.1, 0.15) is 137 Å². The number of aliphatic hydroxyl groups excluding tert-OH is 2. The van der Waals surface area contributed by atoms with Crippen LogP contribution in [0.25, 0.3) is 0 Å². The molecule has 4 fully saturated rings. The van der Waals surface area contributed by atoms with E-state index >= 15 is 0 Å². The van der Waals surface area contributed by atoms with Crippen LogP contribution in [0.5, 0.6) is 0 Å². The Morgan fingerprint density at radius 3 is 2.59 bits per heavy atom. The van der Waals surface area contributed by atoms with E-state index in [1.165, 1.54) is 51.4 Å². The molecular formula is C39H66N2O5. The number of hydrogen-bond acceptors (Lipinski definition) is 5. The number of ether oxygens (including phenoxy) is 1. The summed E-state index contributed by atoms with van der Waals surface area (Å²) in [7, 11) is 0. The molecule has 5 rings (SSSR count). The number of hydrogen-bond donors (Lipinski definition) is 3. The highest BCUT2D eigenvalue weighted by atomic mass is 16.6. The summed E-state index contributed by atoms with van der Waals surface area (Å²) >= 11 is 0. The molecule has 3 saturated carbocycles. The maximum atomic E-state index is 12.7. The lowest BCUT2D eigenvalue weighted by Gasteiger charge is -2.58. The Morgan fingerprint density at radius 2 is 1.83 bits per heavy atom. The third-order valence-electron chi connectivity index (χ3n) is 13.8. The van der Waals surface area contributed by atoms with Crippen molar-refractivity contribution in [3.8, 4) is 0 Å². The number of unbranched alkanes of at least 4 members (excludes halogenated alkanes) is 2. The molecule has 7 heteroatoms. The highest BCUT2D eigenvalue weighted by Crippen LogP contribution is 2.67. The molecule has 10 atom stereocenters. The van der Waals surface area contributed by atoms with Crippen LogP contribution in [0.4, 0.5) is 4.79 Å². The van der Waals surface area contributed by atoms with E-state index in [1.807, 2.05) is 0 Å². The second kappa shape index (κ2) is 15.3. The summed E-state index contributed by atoms with van der Waals surface area (Å²) in [6.45, 7) is 13.2. The van der Waals surface area contributed by atoms with Gasteiger partial charge >= 0.3 is 6.09 Å². The van der Waals surface area contributed by atoms with E-state index in [4.69, 9.17) is 4.74 Å². The molecule has 1 aliphatic heterocycles. The zero-order chi connectivity index (χ0) is 33.1. The molecule has 0 bridgehead atoms. The molecule has 0 aromatic carbocycles. The van der Waals surface area contributed by atoms with Crippen molar-refractivity contribution in [1.29, 1.82) is 0 Å². The lowest BCUT2D eigenvalue weighted by atomic mass is 9.47. The van der Waals surface area contributed by atoms with E-state index in [2.05, 4.69) is 46.0 Å². The van der Waals surface area contributed by atoms with Crippen LogP contribution in [0.15, 0.2) is 11.6 Å². The zero-order valence-corrected chi connectivity index (χ0v) is 29.8. The van der Waals surface area contributed by atoms with E-state index in [-0.39, 0.29) is 36.2 Å². The Morgan fingerprint density at radius 1 is 1.02 bits per heavy atom. The molecule has 1 heterocycles. The number of nitrogens with one attached hydrogen (secondary N) is 1. The molecule has 7 nitrogen and oxygen atoms in total. The Kier molecular flexibility index (Phi) is 11.9. The third-order valence-corrected chi connectivity index (χ3v) is 13.8. The van der Waals surface area contributed by atoms with Gasteiger partial charge in [-0.3, -0.25) is 4.79 Å². The standard InChI is InChI=1S/C39H66N2O5/c1-26(2)10-9-11-27(3)33-15-16-34-32-14-13-28-22-31(17-19-38(28,4)35(32)18-20-39(33,34)5)46-37(45)40-21-8-6-7-12-36(44)41-24-30(43)23-29(41)25-42/h13,26-27,29-35,42-43H,6-12,14-25H2,1-5H3,(H,40,45)/t27-,29+,30-,31+,32?,33-,34+,35+,38+,39-/m1/s1. The van der Waals surface area contributed by atoms with Gasteiger partial charge < -0.3 is 25.2 Å². The van der Waals surface area contributed by atoms with Gasteiger partial charge in [0.2, 0.25) is 5.91 Å². The summed E-state index contributed by atoms with van der Waals surface area (Å²) in [5.41, 5.74) is 2.31. The molecular weight excluding hydrogens is 576 g/mol. The first-order chi connectivity index (χ1) is 22.0. The Hall–Kier alpha value is -1.60. The number of β-amino-alcohol motifs (C(OH)–C–C–N with tert-alkyl or cyclic N) is 1. The molecule has 0 spiro atoms. The summed E-state index contributed by atoms with van der Waals surface area (Å²) in [5, 5.41) is 22.2. The van der Waals surface area contributed by atoms with E-state index in [0.717, 1.165) is 74.0 Å². The number of alkyl carbamates (subject to hydrolysis) is 1. The van der Waals surface area contributed by atoms with Crippen molar-refractivity contribution in [1.82, 2.24) is 10.2 Å². The van der Waals surface area contributed by atoms with Crippen molar-refractivity contribution in [2.75, 3.05) is 19.7 Å². The number of aliphatic hydroxyl groups is 2. The first-order valence-corrected chi connectivity index (χ1v) is 19.2. The van der Waals surface area contributed by atoms with Crippen LogP contribution in [-0.4, -0.2) is 65.1 Å². The molecule has 262 valence electrons. The minimum Gasteiger partial charge on any atom is -0.446 e. The van der Waals surface area contributed by atoms with Crippen molar-refractivity contribution in [2.45, 2.75) is 156 Å². The average molecular weight is 643 g/mol. The number of nitrogens with zero attached hydrogens (tertiary/aromatic N) is 1. The van der Waals surface area contributed by atoms with Gasteiger partial charge in [0.1, 0.15) is 6.10 Å². The molecule has 0 radical (unpaired) electrons. The number of amides is 2. The summed E-state index contributed by atoms with van der Waals surface area (Å²) in [6, 6.07) is -0.265. The van der Waals surface area contributed by atoms with Crippen LogP contribution in [0.2, 0.25) is 0 Å². The van der Waals surface area contributed by atoms with Gasteiger partial charge in [0.25, 0.3) is 0 Å². The number of allylic oxidation sites excluding steroid dienone is 1. The van der Waals surface area contributed by atoms with Crippen molar-refractivity contribution in [3.63, 3.8) is 0 Å². The minimum atomic E-state index is -0.540. The van der Waals surface area contributed by atoms with Gasteiger partial charge in [0.15, 0.2) is 0 Å². The van der Waals surface area contributed by atoms with Crippen LogP contribution < -0.4 is 5.32 Å². The Bertz CT molecular complexity index is 1080. The van der Waals surface area contributed by atoms with Crippen molar-refractivity contribution in [3.05, 3.63) is 11.6 Å². The molecule has 3 N–H and O–H groups in total. The predicted octanol–water partition coefficient (Wildman–Crippen LogP) is 7.64. The molecule has 1 unspecified atom stereocenters. The largest absolute Gasteiger partial charge is 0.446 e. The highest BCUT2D eigenvalue weighted by Gasteiger charge is 2.59. The second-order valence-corrected chi connectivity index (χ2v) is 17.1. The van der Waals surface area contributed by atoms with Gasteiger partial charge in [0, 0.05) is 25.9 Å². The monoisotopic (exact) mass is 642 g/mol. The van der Waals surface area contributed by atoms with E-state index in [1.54, 1.807) is 10.5 Å². The number of carbonyl (C=O) groups excluding carboxylic acids is 2. The Labute approximate surface area is 279 Å². The fourth-order valence-corrected chi connectivity index (χ4v) is 11.2. The topological polar surface area (TPSA) is 99.1 Å². The number of carbonyl (C=O) groups is 2. The molecule has 0 aromatic rings. The van der Waals surface area contributed by atoms with E-state index in [9.17, 15) is 19.8 Å². The van der Waals surface area contributed by atoms with Crippen LogP contribution >= 0.6 is 0 Å². The van der Waals surface area contributed by atoms with Crippen molar-refractivity contribution >= 4 is 12.0 Å². The average Bonchev–Trinajstić information content (AvgIpc) is 3.58. The molecule has 4 aliphatic carbocycles. The van der Waals surface area contributed by atoms with Crippen LogP contribution in [-0.2, 0) is 9.53 Å². The smallest absolute Gasteiger partial charge is 0.407 e. The van der Waals surface area contributed by atoms with Gasteiger partial charge in [-0.25, -0.2) is 4.79 Å². The van der Waals surface area contributed by atoms with E-state index in [0.29, 0.717) is 31.3 Å². The number of rotatable bonds is 13. The van der Waals surface area contributed by atoms with Gasteiger partial charge in [-0.1, -0.05) is 72.0 Å². The van der Waals surface area contributed by atoms with Gasteiger partial charge in [-0.05, 0) is 111 Å². The fourth-order valence-electron chi connectivity index (χ4n) is 11.2. The summed E-state index contributed by atoms with van der Waals surface area (Å²) in [6.07, 6.45) is 18.8. The lowest BCUT2D eigenvalue weighted by molar-refractivity contribution is -0.133. The lowest BCUT2D eigenvalue weighted by Crippen LogP contribution is -2.51. The van der Waals surface area contributed by atoms with E-state index < -0.39 is 6.10 Å². The molecule has 0 aromatic heterocycles. The second-order valence-electron chi connectivity index (χ2n) is 17.1. The summed E-state index contributed by atoms with van der Waals surface area (Å²) < 4.78 is 5.94. The Balaban J connectivity index is 1.04. The van der Waals surface area contributed by atoms with Crippen LogP contribution in [0.3, 0.4) is 0 Å². The molecule has 5 aliphatic rings. The van der Waals surface area contributed by atoms with Gasteiger partial charge in [-0.15, -0.1) is 0 Å². The van der Waals surface area contributed by atoms with Crippen molar-refractivity contribution < 1.29 is 24.5 Å². The summed E-state index contributed by atoms with van der Waals surface area (Å²) in [4.78, 5) is 26.8. The molecule has 2 amide bonds. The normalized spacial score (nSPS) is 37.7. The van der Waals surface area contributed by atoms with Crippen molar-refractivity contribution in [2.24, 2.45) is 46.3 Å². The number of fused-ring (bicyclic) bond motifs is 5. The van der Waals surface area contributed by atoms with Crippen LogP contribution in [0, 0.1) is 46.3 Å². The maximum absolute atomic E-state index is 12.7. The SMILES string of the molecule is CC(C)CCC[C@@H](C)[C@H]1CC[C@H]2C3CC=C4C[C@@H](OC(=O)NCCCCCC(=O)N5C[C@H](O)C[C@H]5CO)CC[C@]4(C)[C@H]3CC[C@]12C. The quantitative estimate of drug-likeness (QED) is 0.142. The minimum absolute atomic E-state index is 0.00703. The zero-order valence-electron chi connectivity index (χ0n) is 29.8. The van der Waals surface area contributed by atoms with Gasteiger partial charge in [-0.2, -0.15) is 0 Å². The molecule has 1 saturated heterocycles.